The van der Waals surface area contributed by atoms with Gasteiger partial charge in [0.25, 0.3) is 0 Å². The van der Waals surface area contributed by atoms with E-state index in [4.69, 9.17) is 0 Å². The molecule has 0 heterocycles. The van der Waals surface area contributed by atoms with Gasteiger partial charge in [-0.3, -0.25) is 4.79 Å². The Kier molecular flexibility index (Phi) is 4.29. The van der Waals surface area contributed by atoms with Gasteiger partial charge in [0.1, 0.15) is 0 Å². The summed E-state index contributed by atoms with van der Waals surface area (Å²) in [5.74, 6) is -1.41. The molecule has 2 atom stereocenters. The molecule has 0 aliphatic carbocycles. The van der Waals surface area contributed by atoms with Crippen LogP contribution in [0.1, 0.15) is 38.9 Å². The van der Waals surface area contributed by atoms with Crippen molar-refractivity contribution in [3.05, 3.63) is 35.9 Å². The molecule has 17 heavy (non-hydrogen) atoms. The van der Waals surface area contributed by atoms with Crippen LogP contribution in [0.5, 0.6) is 0 Å². The third kappa shape index (κ3) is 3.86. The highest BCUT2D eigenvalue weighted by atomic mass is 16.4. The van der Waals surface area contributed by atoms with E-state index in [1.807, 2.05) is 51.1 Å². The van der Waals surface area contributed by atoms with E-state index < -0.39 is 18.0 Å². The van der Waals surface area contributed by atoms with E-state index in [1.54, 1.807) is 0 Å². The van der Waals surface area contributed by atoms with E-state index in [2.05, 4.69) is 0 Å². The maximum absolute atomic E-state index is 11.2. The molecule has 0 aromatic heterocycles. The Balaban J connectivity index is 2.79. The van der Waals surface area contributed by atoms with Gasteiger partial charge in [-0.25, -0.2) is 0 Å². The standard InChI is InChI=1S/C14H20O3/c1-14(2,3)11(13(16)17)9-12(15)10-7-5-4-6-8-10/h4-8,11-12,15H,9H2,1-3H3,(H,16,17). The number of carboxylic acid groups (broad SMARTS) is 1. The zero-order valence-corrected chi connectivity index (χ0v) is 10.6. The van der Waals surface area contributed by atoms with Crippen LogP contribution in [0.4, 0.5) is 0 Å². The summed E-state index contributed by atoms with van der Waals surface area (Å²) in [6.07, 6.45) is -0.487. The number of rotatable bonds is 4. The number of hydrogen-bond acceptors (Lipinski definition) is 2. The van der Waals surface area contributed by atoms with E-state index in [1.165, 1.54) is 0 Å². The molecule has 1 aromatic carbocycles. The molecule has 3 nitrogen and oxygen atoms in total. The summed E-state index contributed by atoms with van der Waals surface area (Å²) in [5.41, 5.74) is 0.407. The van der Waals surface area contributed by atoms with Gasteiger partial charge in [0.05, 0.1) is 12.0 Å². The summed E-state index contributed by atoms with van der Waals surface area (Å²) >= 11 is 0. The Hall–Kier alpha value is -1.35. The Morgan fingerprint density at radius 1 is 1.24 bits per heavy atom. The minimum Gasteiger partial charge on any atom is -0.481 e. The van der Waals surface area contributed by atoms with Crippen LogP contribution in [0.3, 0.4) is 0 Å². The summed E-state index contributed by atoms with van der Waals surface area (Å²) in [6, 6.07) is 9.17. The number of carboxylic acids is 1. The zero-order valence-electron chi connectivity index (χ0n) is 10.6. The maximum Gasteiger partial charge on any atom is 0.307 e. The van der Waals surface area contributed by atoms with Gasteiger partial charge in [0, 0.05) is 0 Å². The molecule has 1 rings (SSSR count). The van der Waals surface area contributed by atoms with Crippen molar-refractivity contribution in [3.63, 3.8) is 0 Å². The second kappa shape index (κ2) is 5.32. The van der Waals surface area contributed by atoms with E-state index in [9.17, 15) is 15.0 Å². The lowest BCUT2D eigenvalue weighted by Gasteiger charge is -2.28. The highest BCUT2D eigenvalue weighted by molar-refractivity contribution is 5.71. The molecular formula is C14H20O3. The first-order chi connectivity index (χ1) is 7.82. The average Bonchev–Trinajstić information content (AvgIpc) is 2.24. The summed E-state index contributed by atoms with van der Waals surface area (Å²) in [4.78, 5) is 11.2. The molecule has 0 saturated carbocycles. The van der Waals surface area contributed by atoms with E-state index >= 15 is 0 Å². The third-order valence-electron chi connectivity index (χ3n) is 2.99. The van der Waals surface area contributed by atoms with Gasteiger partial charge in [-0.05, 0) is 17.4 Å². The van der Waals surface area contributed by atoms with Crippen molar-refractivity contribution >= 4 is 5.97 Å². The zero-order chi connectivity index (χ0) is 13.1. The van der Waals surface area contributed by atoms with Crippen LogP contribution < -0.4 is 0 Å². The Morgan fingerprint density at radius 3 is 2.18 bits per heavy atom. The molecule has 0 saturated heterocycles. The number of aliphatic hydroxyl groups is 1. The van der Waals surface area contributed by atoms with Crippen LogP contribution in [-0.4, -0.2) is 16.2 Å². The van der Waals surface area contributed by atoms with Gasteiger partial charge in [0.15, 0.2) is 0 Å². The summed E-state index contributed by atoms with van der Waals surface area (Å²) in [5, 5.41) is 19.2. The van der Waals surface area contributed by atoms with Crippen LogP contribution in [0, 0.1) is 11.3 Å². The first kappa shape index (κ1) is 13.7. The molecule has 0 spiro atoms. The van der Waals surface area contributed by atoms with Crippen molar-refractivity contribution in [1.29, 1.82) is 0 Å². The summed E-state index contributed by atoms with van der Waals surface area (Å²) < 4.78 is 0. The fourth-order valence-electron chi connectivity index (χ4n) is 1.86. The minimum absolute atomic E-state index is 0.239. The fraction of sp³-hybridized carbons (Fsp3) is 0.500. The van der Waals surface area contributed by atoms with Gasteiger partial charge in [0.2, 0.25) is 0 Å². The van der Waals surface area contributed by atoms with Crippen LogP contribution >= 0.6 is 0 Å². The fourth-order valence-corrected chi connectivity index (χ4v) is 1.86. The Morgan fingerprint density at radius 2 is 1.76 bits per heavy atom. The molecule has 2 unspecified atom stereocenters. The van der Waals surface area contributed by atoms with Crippen molar-refractivity contribution in [3.8, 4) is 0 Å². The SMILES string of the molecule is CC(C)(C)C(CC(O)c1ccccc1)C(=O)O. The van der Waals surface area contributed by atoms with Gasteiger partial charge in [-0.15, -0.1) is 0 Å². The predicted molar refractivity (Wildman–Crippen MR) is 66.6 cm³/mol. The molecule has 94 valence electrons. The first-order valence-electron chi connectivity index (χ1n) is 5.78. The third-order valence-corrected chi connectivity index (χ3v) is 2.99. The molecule has 0 aliphatic rings. The second-order valence-electron chi connectivity index (χ2n) is 5.42. The number of aliphatic hydroxyl groups excluding tert-OH is 1. The Labute approximate surface area is 102 Å². The molecule has 1 aromatic rings. The van der Waals surface area contributed by atoms with Gasteiger partial charge >= 0.3 is 5.97 Å². The van der Waals surface area contributed by atoms with Crippen molar-refractivity contribution in [2.75, 3.05) is 0 Å². The first-order valence-corrected chi connectivity index (χ1v) is 5.78. The quantitative estimate of drug-likeness (QED) is 0.845. The van der Waals surface area contributed by atoms with E-state index in [0.29, 0.717) is 0 Å². The lowest BCUT2D eigenvalue weighted by Crippen LogP contribution is -2.30. The topological polar surface area (TPSA) is 57.5 Å². The van der Waals surface area contributed by atoms with Crippen molar-refractivity contribution in [2.24, 2.45) is 11.3 Å². The molecule has 0 amide bonds. The van der Waals surface area contributed by atoms with Gasteiger partial charge < -0.3 is 10.2 Å². The van der Waals surface area contributed by atoms with Crippen LogP contribution in [-0.2, 0) is 4.79 Å². The van der Waals surface area contributed by atoms with Gasteiger partial charge in [-0.1, -0.05) is 51.1 Å². The molecular weight excluding hydrogens is 216 g/mol. The molecule has 2 N–H and O–H groups in total. The lowest BCUT2D eigenvalue weighted by atomic mass is 9.77. The smallest absolute Gasteiger partial charge is 0.307 e. The minimum atomic E-state index is -0.854. The van der Waals surface area contributed by atoms with Crippen molar-refractivity contribution < 1.29 is 15.0 Å². The summed E-state index contributed by atoms with van der Waals surface area (Å²) in [6.45, 7) is 5.64. The van der Waals surface area contributed by atoms with Crippen LogP contribution in [0.2, 0.25) is 0 Å². The average molecular weight is 236 g/mol. The molecule has 0 radical (unpaired) electrons. The normalized spacial score (nSPS) is 15.3. The highest BCUT2D eigenvalue weighted by Crippen LogP contribution is 2.33. The number of aliphatic carboxylic acids is 1. The van der Waals surface area contributed by atoms with Crippen LogP contribution in [0.25, 0.3) is 0 Å². The second-order valence-corrected chi connectivity index (χ2v) is 5.42. The van der Waals surface area contributed by atoms with Crippen molar-refractivity contribution in [2.45, 2.75) is 33.3 Å². The van der Waals surface area contributed by atoms with Gasteiger partial charge in [-0.2, -0.15) is 0 Å². The lowest BCUT2D eigenvalue weighted by molar-refractivity contribution is -0.147. The number of benzene rings is 1. The highest BCUT2D eigenvalue weighted by Gasteiger charge is 2.33. The molecule has 0 fully saturated rings. The van der Waals surface area contributed by atoms with E-state index in [-0.39, 0.29) is 11.8 Å². The summed E-state index contributed by atoms with van der Waals surface area (Å²) in [7, 11) is 0. The number of carbonyl (C=O) groups is 1. The largest absolute Gasteiger partial charge is 0.481 e. The Bertz CT molecular complexity index is 365. The van der Waals surface area contributed by atoms with E-state index in [0.717, 1.165) is 5.56 Å². The monoisotopic (exact) mass is 236 g/mol. The molecule has 0 bridgehead atoms. The molecule has 0 aliphatic heterocycles. The number of hydrogen-bond donors (Lipinski definition) is 2. The predicted octanol–water partition coefficient (Wildman–Crippen LogP) is 2.86. The maximum atomic E-state index is 11.2. The van der Waals surface area contributed by atoms with Crippen LogP contribution in [0.15, 0.2) is 30.3 Å². The van der Waals surface area contributed by atoms with Crippen molar-refractivity contribution in [1.82, 2.24) is 0 Å². The molecule has 3 heteroatoms.